The van der Waals surface area contributed by atoms with Crippen molar-refractivity contribution in [3.8, 4) is 51.0 Å². The Labute approximate surface area is 317 Å². The number of hydrogen-bond donors (Lipinski definition) is 0. The molecule has 1 atom stereocenters. The average molecular weight is 705 g/mol. The van der Waals surface area contributed by atoms with Crippen LogP contribution in [0, 0.1) is 0 Å². The smallest absolute Gasteiger partial charge is 0.323 e. The number of aromatic nitrogens is 3. The van der Waals surface area contributed by atoms with Gasteiger partial charge in [0.15, 0.2) is 22.6 Å². The lowest BCUT2D eigenvalue weighted by Gasteiger charge is -2.46. The highest BCUT2D eigenvalue weighted by Crippen LogP contribution is 2.64. The summed E-state index contributed by atoms with van der Waals surface area (Å²) in [6, 6.07) is 58.4. The van der Waals surface area contributed by atoms with Crippen molar-refractivity contribution in [2.75, 3.05) is 4.90 Å². The highest BCUT2D eigenvalue weighted by molar-refractivity contribution is 6.12. The van der Waals surface area contributed by atoms with Crippen LogP contribution >= 0.6 is 0 Å². The molecule has 5 aliphatic heterocycles. The maximum atomic E-state index is 7.18. The number of para-hydroxylation sites is 2. The molecular formula is C50H32N4O+2. The first-order valence-corrected chi connectivity index (χ1v) is 19.2. The van der Waals surface area contributed by atoms with E-state index in [1.807, 2.05) is 0 Å². The zero-order chi connectivity index (χ0) is 35.9. The molecular weight excluding hydrogens is 673 g/mol. The second-order valence-corrected chi connectivity index (χ2v) is 16.2. The molecule has 5 nitrogen and oxygen atoms in total. The molecule has 5 aliphatic rings. The molecule has 0 bridgehead atoms. The van der Waals surface area contributed by atoms with E-state index < -0.39 is 5.66 Å². The van der Waals surface area contributed by atoms with E-state index in [2.05, 4.69) is 190 Å². The predicted octanol–water partition coefficient (Wildman–Crippen LogP) is 10.8. The molecule has 256 valence electrons. The van der Waals surface area contributed by atoms with Gasteiger partial charge in [0.25, 0.3) is 11.6 Å². The van der Waals surface area contributed by atoms with Crippen molar-refractivity contribution >= 4 is 39.0 Å². The lowest BCUT2D eigenvalue weighted by atomic mass is 9.70. The fraction of sp³-hybridized carbons (Fsp3) is 0.0800. The van der Waals surface area contributed by atoms with Crippen molar-refractivity contribution < 1.29 is 13.9 Å². The second kappa shape index (κ2) is 9.20. The number of ether oxygens (including phenoxy) is 1. The van der Waals surface area contributed by atoms with E-state index in [9.17, 15) is 0 Å². The molecule has 6 aromatic carbocycles. The van der Waals surface area contributed by atoms with Crippen molar-refractivity contribution in [3.63, 3.8) is 0 Å². The fourth-order valence-corrected chi connectivity index (χ4v) is 11.1. The number of pyridine rings is 2. The van der Waals surface area contributed by atoms with Crippen molar-refractivity contribution in [1.82, 2.24) is 4.57 Å². The highest BCUT2D eigenvalue weighted by Gasteiger charge is 2.71. The summed E-state index contributed by atoms with van der Waals surface area (Å²) < 4.78 is 15.0. The Balaban J connectivity index is 1.27. The molecule has 0 N–H and O–H groups in total. The summed E-state index contributed by atoms with van der Waals surface area (Å²) in [5.74, 6) is 4.11. The van der Waals surface area contributed by atoms with E-state index in [1.165, 1.54) is 89.1 Å². The third-order valence-corrected chi connectivity index (χ3v) is 13.2. The van der Waals surface area contributed by atoms with Crippen LogP contribution in [-0.2, 0) is 11.1 Å². The average Bonchev–Trinajstić information content (AvgIpc) is 3.73. The zero-order valence-electron chi connectivity index (χ0n) is 30.2. The van der Waals surface area contributed by atoms with Crippen LogP contribution in [0.5, 0.6) is 11.5 Å². The van der Waals surface area contributed by atoms with Crippen LogP contribution in [0.4, 0.5) is 17.2 Å². The summed E-state index contributed by atoms with van der Waals surface area (Å²) in [6.45, 7) is 4.77. The Morgan fingerprint density at radius 2 is 1.13 bits per heavy atom. The molecule has 9 aromatic rings. The molecule has 5 heteroatoms. The van der Waals surface area contributed by atoms with Gasteiger partial charge >= 0.3 is 5.66 Å². The summed E-state index contributed by atoms with van der Waals surface area (Å²) in [5.41, 5.74) is 16.0. The van der Waals surface area contributed by atoms with Gasteiger partial charge in [0.05, 0.1) is 0 Å². The van der Waals surface area contributed by atoms with Crippen LogP contribution in [0.15, 0.2) is 158 Å². The van der Waals surface area contributed by atoms with E-state index in [4.69, 9.17) is 4.74 Å². The van der Waals surface area contributed by atoms with E-state index in [0.717, 1.165) is 23.1 Å². The zero-order valence-corrected chi connectivity index (χ0v) is 30.2. The van der Waals surface area contributed by atoms with Crippen molar-refractivity contribution in [2.24, 2.45) is 0 Å². The Morgan fingerprint density at radius 1 is 0.509 bits per heavy atom. The van der Waals surface area contributed by atoms with Gasteiger partial charge in [0, 0.05) is 39.4 Å². The summed E-state index contributed by atoms with van der Waals surface area (Å²) in [4.78, 5) is 2.55. The number of anilines is 3. The molecule has 3 aromatic heterocycles. The van der Waals surface area contributed by atoms with Gasteiger partial charge in [-0.25, -0.2) is 0 Å². The molecule has 0 aliphatic carbocycles. The minimum atomic E-state index is -0.753. The minimum Gasteiger partial charge on any atom is -0.456 e. The topological polar surface area (TPSA) is 25.2 Å². The maximum absolute atomic E-state index is 7.18. The van der Waals surface area contributed by atoms with Gasteiger partial charge in [-0.1, -0.05) is 111 Å². The van der Waals surface area contributed by atoms with E-state index >= 15 is 0 Å². The number of fused-ring (bicyclic) bond motifs is 8. The van der Waals surface area contributed by atoms with Crippen LogP contribution in [0.3, 0.4) is 0 Å². The van der Waals surface area contributed by atoms with Gasteiger partial charge in [-0.05, 0) is 70.8 Å². The second-order valence-electron chi connectivity index (χ2n) is 16.2. The van der Waals surface area contributed by atoms with E-state index in [-0.39, 0.29) is 5.41 Å². The molecule has 0 fully saturated rings. The third-order valence-electron chi connectivity index (χ3n) is 13.2. The number of nitrogens with zero attached hydrogens (tertiary/aromatic N) is 4. The summed E-state index contributed by atoms with van der Waals surface area (Å²) >= 11 is 0. The maximum Gasteiger partial charge on any atom is 0.323 e. The van der Waals surface area contributed by atoms with Gasteiger partial charge < -0.3 is 4.74 Å². The van der Waals surface area contributed by atoms with Gasteiger partial charge in [-0.3, -0.25) is 0 Å². The Hall–Kier alpha value is -6.98. The van der Waals surface area contributed by atoms with Crippen molar-refractivity contribution in [1.29, 1.82) is 0 Å². The summed E-state index contributed by atoms with van der Waals surface area (Å²) in [7, 11) is 0. The first-order chi connectivity index (χ1) is 27.0. The molecule has 55 heavy (non-hydrogen) atoms. The van der Waals surface area contributed by atoms with Crippen LogP contribution in [0.1, 0.15) is 36.1 Å². The fourth-order valence-electron chi connectivity index (χ4n) is 11.1. The predicted molar refractivity (Wildman–Crippen MR) is 216 cm³/mol. The van der Waals surface area contributed by atoms with E-state index in [0.29, 0.717) is 0 Å². The first-order valence-electron chi connectivity index (χ1n) is 19.2. The van der Waals surface area contributed by atoms with Crippen molar-refractivity contribution in [2.45, 2.75) is 24.9 Å². The van der Waals surface area contributed by atoms with Crippen LogP contribution in [-0.4, -0.2) is 4.57 Å². The number of benzene rings is 6. The Kier molecular flexibility index (Phi) is 4.77. The lowest BCUT2D eigenvalue weighted by Crippen LogP contribution is -2.76. The van der Waals surface area contributed by atoms with Crippen LogP contribution in [0.2, 0.25) is 0 Å². The first kappa shape index (κ1) is 28.5. The third kappa shape index (κ3) is 3.04. The molecule has 1 unspecified atom stereocenters. The van der Waals surface area contributed by atoms with Gasteiger partial charge in [-0.15, -0.1) is 0 Å². The molecule has 0 amide bonds. The standard InChI is InChI=1S/C50H32N4O/c1-49(2)35-18-10-12-20-38(35)52-44-28-32(30-15-7-4-8-16-30)26-40-39-25-31(29-13-5-3-6-14-29)27-43-51-37-19-11-9-17-33(37)34-21-23-41-45(47(34)51)50(53(39)43,54(40)44)46-42(55-41)24-22-36(49)48(46)52/h3-28H,1-2H3/q+2. The van der Waals surface area contributed by atoms with Crippen LogP contribution in [0.25, 0.3) is 61.3 Å². The quantitative estimate of drug-likeness (QED) is 0.167. The van der Waals surface area contributed by atoms with Gasteiger partial charge in [0.2, 0.25) is 0 Å². The molecule has 0 saturated carbocycles. The van der Waals surface area contributed by atoms with Crippen molar-refractivity contribution in [3.05, 3.63) is 180 Å². The largest absolute Gasteiger partial charge is 0.456 e. The monoisotopic (exact) mass is 704 g/mol. The SMILES string of the molecule is CC1(C)c2ccccc2N2c3c1ccc1c3C34c5c(ccc6c7ccccc7n(c56)-c5cc(-c6ccccc6)cc([n+]53)-c3cc(-c5ccccc5)cc2[n+]34)O1. The van der Waals surface area contributed by atoms with E-state index in [1.54, 1.807) is 0 Å². The molecule has 0 radical (unpaired) electrons. The molecule has 1 spiro atoms. The van der Waals surface area contributed by atoms with Gasteiger partial charge in [-0.2, -0.15) is 18.6 Å². The van der Waals surface area contributed by atoms with Crippen LogP contribution < -0.4 is 18.8 Å². The minimum absolute atomic E-state index is 0.252. The summed E-state index contributed by atoms with van der Waals surface area (Å²) in [6.07, 6.45) is 0. The number of rotatable bonds is 2. The van der Waals surface area contributed by atoms with Gasteiger partial charge in [0.1, 0.15) is 33.8 Å². The Morgan fingerprint density at radius 3 is 1.89 bits per heavy atom. The normalized spacial score (nSPS) is 17.6. The lowest BCUT2D eigenvalue weighted by molar-refractivity contribution is -0.931. The Bertz CT molecular complexity index is 3270. The number of hydrogen-bond acceptors (Lipinski definition) is 2. The molecule has 0 saturated heterocycles. The highest BCUT2D eigenvalue weighted by atomic mass is 16.5. The molecule has 14 rings (SSSR count). The molecule has 8 heterocycles. The summed E-state index contributed by atoms with van der Waals surface area (Å²) in [5, 5.41) is 2.48.